The molecule has 0 aromatic heterocycles. The van der Waals surface area contributed by atoms with Crippen molar-refractivity contribution in [2.75, 3.05) is 0 Å². The van der Waals surface area contributed by atoms with Crippen LogP contribution in [-0.2, 0) is 50.5 Å². The summed E-state index contributed by atoms with van der Waals surface area (Å²) in [6.07, 6.45) is 2.78. The molecular weight excluding hydrogens is 532 g/mol. The minimum Gasteiger partial charge on any atom is -0.550 e. The summed E-state index contributed by atoms with van der Waals surface area (Å²) in [7, 11) is 0. The van der Waals surface area contributed by atoms with Crippen molar-refractivity contribution in [2.24, 2.45) is 17.8 Å². The van der Waals surface area contributed by atoms with Crippen molar-refractivity contribution in [2.45, 2.75) is 119 Å². The van der Waals surface area contributed by atoms with Gasteiger partial charge in [0.2, 0.25) is 0 Å². The normalized spacial score (nSPS) is 9.71. The van der Waals surface area contributed by atoms with Crippen LogP contribution in [0.4, 0.5) is 0 Å². The molecule has 10 nitrogen and oxygen atoms in total. The maximum atomic E-state index is 11.0. The van der Waals surface area contributed by atoms with E-state index in [0.717, 1.165) is 0 Å². The van der Waals surface area contributed by atoms with E-state index in [9.17, 15) is 44.1 Å². The molecule has 0 bridgehead atoms. The molecule has 0 saturated heterocycles. The molecule has 0 rings (SSSR count). The third-order valence-electron chi connectivity index (χ3n) is 5.28. The van der Waals surface area contributed by atoms with Gasteiger partial charge in [0.15, 0.2) is 0 Å². The monoisotopic (exact) mass is 579 g/mol. The van der Waals surface area contributed by atoms with E-state index in [1.807, 2.05) is 41.5 Å². The van der Waals surface area contributed by atoms with Crippen molar-refractivity contribution in [1.82, 2.24) is 0 Å². The fourth-order valence-electron chi connectivity index (χ4n) is 3.09. The molecule has 0 aromatic rings. The number of carboxylic acids is 3. The number of carbonyl (C=O) groups is 6. The molecule has 38 heavy (non-hydrogen) atoms. The van der Waals surface area contributed by atoms with Gasteiger partial charge >= 0.3 is 21.7 Å². The number of hydrogen-bond donors (Lipinski definition) is 1. The number of ketones is 3. The molecule has 0 saturated carbocycles. The average molecular weight is 580 g/mol. The number of carboxylic acid groups (broad SMARTS) is 3. The predicted octanol–water partition coefficient (Wildman–Crippen LogP) is 0.780. The smallest absolute Gasteiger partial charge is 0.550 e. The van der Waals surface area contributed by atoms with Crippen LogP contribution in [0.1, 0.15) is 113 Å². The zero-order chi connectivity index (χ0) is 30.1. The Morgan fingerprint density at radius 2 is 0.632 bits per heavy atom. The van der Waals surface area contributed by atoms with Crippen LogP contribution in [0.5, 0.6) is 0 Å². The summed E-state index contributed by atoms with van der Waals surface area (Å²) < 4.78 is 0. The summed E-state index contributed by atoms with van der Waals surface area (Å²) in [5.74, 6) is -4.78. The van der Waals surface area contributed by atoms with Crippen molar-refractivity contribution in [3.05, 3.63) is 0 Å². The SMILES string of the molecule is CC(C)O.CCC(CC)C(=O)CC(=O)[O-].CCC(CC)C(=O)CC(=O)[O-].CCC(CC)C(=O)CC(=O)[O-].[Ti+3]. The van der Waals surface area contributed by atoms with E-state index < -0.39 is 37.2 Å². The van der Waals surface area contributed by atoms with Crippen molar-refractivity contribution < 1.29 is 70.9 Å². The van der Waals surface area contributed by atoms with Crippen LogP contribution in [0.25, 0.3) is 0 Å². The number of aliphatic hydroxyl groups excluding tert-OH is 1. The third kappa shape index (κ3) is 32.1. The number of hydrogen-bond acceptors (Lipinski definition) is 10. The van der Waals surface area contributed by atoms with Crippen LogP contribution in [0.15, 0.2) is 0 Å². The molecule has 0 aromatic carbocycles. The van der Waals surface area contributed by atoms with Gasteiger partial charge < -0.3 is 34.8 Å². The molecule has 0 aliphatic heterocycles. The standard InChI is InChI=1S/3C8H14O3.C3H8O.Ti/c3*1-3-6(4-2)7(9)5-8(10)11;1-3(2)4;/h3*6H,3-5H2,1-2H3,(H,10,11);3-4H,1-2H3;/q;;;;+3/p-3. The average Bonchev–Trinajstić information content (AvgIpc) is 2.75. The van der Waals surface area contributed by atoms with E-state index in [-0.39, 0.29) is 62.9 Å². The summed E-state index contributed by atoms with van der Waals surface area (Å²) in [6.45, 7) is 14.7. The van der Waals surface area contributed by atoms with Gasteiger partial charge in [-0.25, -0.2) is 0 Å². The van der Waals surface area contributed by atoms with E-state index in [1.54, 1.807) is 13.8 Å². The Kier molecular flexibility index (Phi) is 35.9. The van der Waals surface area contributed by atoms with Gasteiger partial charge in [-0.05, 0) is 52.4 Å². The second kappa shape index (κ2) is 29.6. The van der Waals surface area contributed by atoms with E-state index in [2.05, 4.69) is 0 Å². The summed E-state index contributed by atoms with van der Waals surface area (Å²) >= 11 is 0. The number of aliphatic hydroxyl groups is 1. The second-order valence-corrected chi connectivity index (χ2v) is 8.68. The van der Waals surface area contributed by atoms with Crippen LogP contribution in [-0.4, -0.2) is 46.5 Å². The number of aliphatic carboxylic acids is 3. The molecule has 0 heterocycles. The Morgan fingerprint density at radius 3 is 0.711 bits per heavy atom. The van der Waals surface area contributed by atoms with E-state index in [4.69, 9.17) is 5.11 Å². The quantitative estimate of drug-likeness (QED) is 0.214. The zero-order valence-electron chi connectivity index (χ0n) is 24.3. The van der Waals surface area contributed by atoms with Crippen molar-refractivity contribution in [3.63, 3.8) is 0 Å². The van der Waals surface area contributed by atoms with Gasteiger partial charge in [0.1, 0.15) is 17.3 Å². The first kappa shape index (κ1) is 46.0. The van der Waals surface area contributed by atoms with E-state index >= 15 is 0 Å². The first-order valence-corrected chi connectivity index (χ1v) is 12.9. The first-order valence-electron chi connectivity index (χ1n) is 12.9. The van der Waals surface area contributed by atoms with Crippen LogP contribution in [0.3, 0.4) is 0 Å². The van der Waals surface area contributed by atoms with Gasteiger partial charge in [-0.1, -0.05) is 41.5 Å². The molecular formula is C27H47O10Ti. The molecule has 0 atom stereocenters. The molecule has 1 N–H and O–H groups in total. The molecule has 219 valence electrons. The fraction of sp³-hybridized carbons (Fsp3) is 0.778. The summed E-state index contributed by atoms with van der Waals surface area (Å²) in [5, 5.41) is 38.1. The summed E-state index contributed by atoms with van der Waals surface area (Å²) in [4.78, 5) is 63.0. The molecule has 1 radical (unpaired) electrons. The molecule has 0 aliphatic rings. The molecule has 0 aliphatic carbocycles. The Hall–Kier alpha value is -1.91. The van der Waals surface area contributed by atoms with Gasteiger partial charge in [0.25, 0.3) is 0 Å². The summed E-state index contributed by atoms with van der Waals surface area (Å²) in [6, 6.07) is 0. The number of Topliss-reactive ketones (excluding diaryl/α,β-unsaturated/α-hetero) is 3. The minimum absolute atomic E-state index is 0. The fourth-order valence-corrected chi connectivity index (χ4v) is 3.09. The van der Waals surface area contributed by atoms with Crippen molar-refractivity contribution >= 4 is 35.3 Å². The van der Waals surface area contributed by atoms with E-state index in [1.165, 1.54) is 0 Å². The van der Waals surface area contributed by atoms with Crippen molar-refractivity contribution in [1.29, 1.82) is 0 Å². The maximum absolute atomic E-state index is 11.0. The zero-order valence-corrected chi connectivity index (χ0v) is 25.9. The first-order chi connectivity index (χ1) is 17.1. The van der Waals surface area contributed by atoms with Crippen LogP contribution in [0, 0.1) is 17.8 Å². The molecule has 0 fully saturated rings. The van der Waals surface area contributed by atoms with Crippen molar-refractivity contribution in [3.8, 4) is 0 Å². The Bertz CT molecular complexity index is 576. The van der Waals surface area contributed by atoms with Crippen LogP contribution in [0.2, 0.25) is 0 Å². The Balaban J connectivity index is -0.000000132. The molecule has 0 unspecified atom stereocenters. The topological polar surface area (TPSA) is 192 Å². The Morgan fingerprint density at radius 1 is 0.500 bits per heavy atom. The van der Waals surface area contributed by atoms with Gasteiger partial charge in [0, 0.05) is 61.0 Å². The van der Waals surface area contributed by atoms with Gasteiger partial charge in [-0.3, -0.25) is 14.4 Å². The van der Waals surface area contributed by atoms with Gasteiger partial charge in [-0.15, -0.1) is 0 Å². The van der Waals surface area contributed by atoms with Gasteiger partial charge in [-0.2, -0.15) is 0 Å². The minimum atomic E-state index is -1.28. The van der Waals surface area contributed by atoms with E-state index in [0.29, 0.717) is 38.5 Å². The van der Waals surface area contributed by atoms with Gasteiger partial charge in [0.05, 0.1) is 0 Å². The third-order valence-corrected chi connectivity index (χ3v) is 5.28. The molecule has 11 heteroatoms. The predicted molar refractivity (Wildman–Crippen MR) is 133 cm³/mol. The largest absolute Gasteiger partial charge is 3.00 e. The number of carbonyl (C=O) groups excluding carboxylic acids is 6. The van der Waals surface area contributed by atoms with Crippen LogP contribution >= 0.6 is 0 Å². The molecule has 0 amide bonds. The summed E-state index contributed by atoms with van der Waals surface area (Å²) in [5.41, 5.74) is 0. The number of rotatable bonds is 15. The van der Waals surface area contributed by atoms with Crippen LogP contribution < -0.4 is 15.3 Å². The Labute approximate surface area is 242 Å². The second-order valence-electron chi connectivity index (χ2n) is 8.68. The molecule has 0 spiro atoms. The maximum Gasteiger partial charge on any atom is 3.00 e.